The van der Waals surface area contributed by atoms with Crippen molar-refractivity contribution >= 4 is 28.8 Å². The lowest BCUT2D eigenvalue weighted by Crippen LogP contribution is -2.57. The number of benzene rings is 2. The summed E-state index contributed by atoms with van der Waals surface area (Å²) in [5, 5.41) is 6.62. The molecular weight excluding hydrogens is 444 g/mol. The number of nitrogens with zero attached hydrogens (tertiary/aromatic N) is 3. The van der Waals surface area contributed by atoms with Crippen LogP contribution >= 0.6 is 0 Å². The van der Waals surface area contributed by atoms with Crippen LogP contribution in [0, 0.1) is 0 Å². The fraction of sp³-hybridized carbons (Fsp3) is 0.308. The number of nitrogens with two attached hydrogens (primary N) is 1. The Hall–Kier alpha value is -3.66. The van der Waals surface area contributed by atoms with E-state index in [2.05, 4.69) is 37.6 Å². The van der Waals surface area contributed by atoms with Crippen molar-refractivity contribution in [1.82, 2.24) is 9.88 Å². The Morgan fingerprint density at radius 3 is 2.43 bits per heavy atom. The van der Waals surface area contributed by atoms with E-state index in [4.69, 9.17) is 15.2 Å². The number of ether oxygens (including phenoxy) is 2. The summed E-state index contributed by atoms with van der Waals surface area (Å²) in [7, 11) is 0. The second kappa shape index (κ2) is 10.3. The van der Waals surface area contributed by atoms with E-state index < -0.39 is 5.91 Å². The molecule has 1 aromatic heterocycles. The van der Waals surface area contributed by atoms with Crippen LogP contribution in [0.5, 0.6) is 0 Å². The van der Waals surface area contributed by atoms with Crippen LogP contribution in [0.25, 0.3) is 0 Å². The average molecular weight is 475 g/mol. The third-order valence-corrected chi connectivity index (χ3v) is 6.23. The predicted octanol–water partition coefficient (Wildman–Crippen LogP) is 3.33. The van der Waals surface area contributed by atoms with E-state index in [1.807, 2.05) is 55.5 Å². The second-order valence-corrected chi connectivity index (χ2v) is 8.66. The maximum Gasteiger partial charge on any atom is 0.252 e. The van der Waals surface area contributed by atoms with Crippen LogP contribution in [0.4, 0.5) is 22.9 Å². The Balaban J connectivity index is 1.21. The summed E-state index contributed by atoms with van der Waals surface area (Å²) in [5.41, 5.74) is 9.73. The number of carbonyl (C=O) groups excluding carboxylic acids is 1. The molecule has 5 rings (SSSR count). The van der Waals surface area contributed by atoms with Gasteiger partial charge < -0.3 is 30.7 Å². The number of hydrogen-bond acceptors (Lipinski definition) is 8. The van der Waals surface area contributed by atoms with Crippen LogP contribution in [0.3, 0.4) is 0 Å². The van der Waals surface area contributed by atoms with Crippen molar-refractivity contribution in [3.05, 3.63) is 78.0 Å². The number of amides is 1. The zero-order chi connectivity index (χ0) is 24.2. The molecule has 4 N–H and O–H groups in total. The highest BCUT2D eigenvalue weighted by atomic mass is 16.9. The third-order valence-electron chi connectivity index (χ3n) is 6.23. The monoisotopic (exact) mass is 474 g/mol. The lowest BCUT2D eigenvalue weighted by Gasteiger charge is -2.45. The van der Waals surface area contributed by atoms with Crippen molar-refractivity contribution in [3.8, 4) is 0 Å². The molecule has 0 spiro atoms. The fourth-order valence-electron chi connectivity index (χ4n) is 4.26. The van der Waals surface area contributed by atoms with Gasteiger partial charge in [-0.1, -0.05) is 30.3 Å². The van der Waals surface area contributed by atoms with Crippen molar-refractivity contribution in [2.45, 2.75) is 26.2 Å². The highest BCUT2D eigenvalue weighted by Crippen LogP contribution is 2.26. The quantitative estimate of drug-likeness (QED) is 0.457. The summed E-state index contributed by atoms with van der Waals surface area (Å²) in [5.74, 6) is 0.107. The predicted molar refractivity (Wildman–Crippen MR) is 135 cm³/mol. The molecule has 0 atom stereocenters. The Labute approximate surface area is 204 Å². The molecule has 0 bridgehead atoms. The molecule has 3 heterocycles. The Kier molecular flexibility index (Phi) is 6.80. The number of pyridine rings is 1. The maximum atomic E-state index is 11.9. The average Bonchev–Trinajstić information content (AvgIpc) is 2.87. The van der Waals surface area contributed by atoms with Crippen LogP contribution in [0.1, 0.15) is 22.8 Å². The van der Waals surface area contributed by atoms with E-state index in [-0.39, 0.29) is 12.7 Å². The zero-order valence-corrected chi connectivity index (χ0v) is 19.7. The SMILES string of the molecule is CC1OC(N2CCN(c3ccc(Nc4cc(NCc5ccccc5)c(C(N)=O)cn4)cc3)CC2)O1. The highest BCUT2D eigenvalue weighted by Gasteiger charge is 2.34. The molecule has 2 aliphatic rings. The number of primary amides is 1. The molecule has 9 heteroatoms. The summed E-state index contributed by atoms with van der Waals surface area (Å²) < 4.78 is 11.2. The number of hydrogen-bond donors (Lipinski definition) is 3. The van der Waals surface area contributed by atoms with Gasteiger partial charge in [0.1, 0.15) is 5.82 Å². The molecule has 3 aromatic rings. The van der Waals surface area contributed by atoms with E-state index in [0.29, 0.717) is 23.6 Å². The topological polar surface area (TPSA) is 105 Å². The molecule has 2 fully saturated rings. The van der Waals surface area contributed by atoms with Gasteiger partial charge in [0, 0.05) is 56.4 Å². The highest BCUT2D eigenvalue weighted by molar-refractivity contribution is 5.98. The standard InChI is InChI=1S/C26H30N6O3/c1-18-34-26(35-18)32-13-11-31(12-14-32)21-9-7-20(8-10-21)30-24-15-23(22(17-29-24)25(27)33)28-16-19-5-3-2-4-6-19/h2-10,15,17-18,26H,11-14,16H2,1H3,(H2,27,33)(H2,28,29,30). The van der Waals surface area contributed by atoms with Gasteiger partial charge in [-0.2, -0.15) is 0 Å². The molecular formula is C26H30N6O3. The van der Waals surface area contributed by atoms with Gasteiger partial charge in [0.05, 0.1) is 11.3 Å². The molecule has 0 unspecified atom stereocenters. The summed E-state index contributed by atoms with van der Waals surface area (Å²) in [6.45, 7) is 6.10. The molecule has 0 radical (unpaired) electrons. The van der Waals surface area contributed by atoms with Crippen molar-refractivity contribution < 1.29 is 14.3 Å². The first-order valence-electron chi connectivity index (χ1n) is 11.8. The van der Waals surface area contributed by atoms with Crippen molar-refractivity contribution in [3.63, 3.8) is 0 Å². The van der Waals surface area contributed by atoms with Gasteiger partial charge in [0.15, 0.2) is 6.29 Å². The van der Waals surface area contributed by atoms with Gasteiger partial charge in [-0.3, -0.25) is 9.69 Å². The Morgan fingerprint density at radius 1 is 1.06 bits per heavy atom. The van der Waals surface area contributed by atoms with Crippen molar-refractivity contribution in [2.75, 3.05) is 41.7 Å². The number of rotatable bonds is 8. The fourth-order valence-corrected chi connectivity index (χ4v) is 4.26. The van der Waals surface area contributed by atoms with Crippen molar-refractivity contribution in [2.24, 2.45) is 5.73 Å². The van der Waals surface area contributed by atoms with E-state index in [1.54, 1.807) is 0 Å². The van der Waals surface area contributed by atoms with E-state index in [0.717, 1.165) is 37.4 Å². The minimum atomic E-state index is -0.519. The number of nitrogens with one attached hydrogen (secondary N) is 2. The first-order valence-corrected chi connectivity index (χ1v) is 11.8. The maximum absolute atomic E-state index is 11.9. The van der Waals surface area contributed by atoms with E-state index in [1.165, 1.54) is 11.9 Å². The van der Waals surface area contributed by atoms with E-state index in [9.17, 15) is 4.79 Å². The summed E-state index contributed by atoms with van der Waals surface area (Å²) in [6.07, 6.45) is 1.21. The molecule has 2 aliphatic heterocycles. The molecule has 2 saturated heterocycles. The molecule has 9 nitrogen and oxygen atoms in total. The molecule has 1 amide bonds. The minimum absolute atomic E-state index is 0.102. The number of anilines is 4. The first-order chi connectivity index (χ1) is 17.0. The third kappa shape index (κ3) is 5.54. The zero-order valence-electron chi connectivity index (χ0n) is 19.7. The lowest BCUT2D eigenvalue weighted by atomic mass is 10.2. The van der Waals surface area contributed by atoms with Gasteiger partial charge in [-0.25, -0.2) is 4.98 Å². The summed E-state index contributed by atoms with van der Waals surface area (Å²) >= 11 is 0. The van der Waals surface area contributed by atoms with Crippen LogP contribution in [0.15, 0.2) is 66.9 Å². The van der Waals surface area contributed by atoms with Gasteiger partial charge >= 0.3 is 0 Å². The Bertz CT molecular complexity index is 1140. The van der Waals surface area contributed by atoms with Crippen LogP contribution in [-0.4, -0.2) is 54.7 Å². The first kappa shape index (κ1) is 23.1. The molecule has 182 valence electrons. The smallest absolute Gasteiger partial charge is 0.252 e. The Morgan fingerprint density at radius 2 is 1.77 bits per heavy atom. The summed E-state index contributed by atoms with van der Waals surface area (Å²) in [4.78, 5) is 20.8. The van der Waals surface area contributed by atoms with E-state index >= 15 is 0 Å². The minimum Gasteiger partial charge on any atom is -0.380 e. The number of piperazine rings is 1. The number of aromatic nitrogens is 1. The van der Waals surface area contributed by atoms with Gasteiger partial charge in [-0.15, -0.1) is 0 Å². The molecule has 2 aromatic carbocycles. The van der Waals surface area contributed by atoms with Crippen LogP contribution in [-0.2, 0) is 16.0 Å². The largest absolute Gasteiger partial charge is 0.380 e. The molecule has 0 aliphatic carbocycles. The van der Waals surface area contributed by atoms with Crippen LogP contribution < -0.4 is 21.3 Å². The molecule has 0 saturated carbocycles. The van der Waals surface area contributed by atoms with Gasteiger partial charge in [0.25, 0.3) is 5.91 Å². The normalized spacial score (nSPS) is 20.2. The summed E-state index contributed by atoms with van der Waals surface area (Å²) in [6, 6.07) is 20.0. The van der Waals surface area contributed by atoms with Gasteiger partial charge in [0.2, 0.25) is 6.41 Å². The van der Waals surface area contributed by atoms with Crippen molar-refractivity contribution in [1.29, 1.82) is 0 Å². The van der Waals surface area contributed by atoms with Gasteiger partial charge in [-0.05, 0) is 36.8 Å². The second-order valence-electron chi connectivity index (χ2n) is 8.66. The lowest BCUT2D eigenvalue weighted by molar-refractivity contribution is -0.422. The number of carbonyl (C=O) groups is 1. The molecule has 35 heavy (non-hydrogen) atoms. The van der Waals surface area contributed by atoms with Crippen LogP contribution in [0.2, 0.25) is 0 Å².